The van der Waals surface area contributed by atoms with E-state index < -0.39 is 6.10 Å². The summed E-state index contributed by atoms with van der Waals surface area (Å²) in [7, 11) is 1.64. The molecule has 7 nitrogen and oxygen atoms in total. The summed E-state index contributed by atoms with van der Waals surface area (Å²) < 4.78 is 17.2. The second-order valence-corrected chi connectivity index (χ2v) is 8.09. The molecule has 3 atom stereocenters. The summed E-state index contributed by atoms with van der Waals surface area (Å²) in [6.45, 7) is 6.44. The molecule has 170 valence electrons. The molecule has 0 amide bonds. The van der Waals surface area contributed by atoms with E-state index in [0.717, 1.165) is 43.0 Å². The minimum absolute atomic E-state index is 0. The van der Waals surface area contributed by atoms with Crippen LogP contribution in [0.2, 0.25) is 0 Å². The molecule has 1 aromatic carbocycles. The number of rotatable bonds is 9. The number of oxime groups is 1. The van der Waals surface area contributed by atoms with E-state index in [9.17, 15) is 5.11 Å². The van der Waals surface area contributed by atoms with Crippen LogP contribution in [-0.2, 0) is 9.57 Å². The van der Waals surface area contributed by atoms with Gasteiger partial charge in [-0.1, -0.05) is 5.16 Å². The smallest absolute Gasteiger partial charge is 0.162 e. The Labute approximate surface area is 185 Å². The van der Waals surface area contributed by atoms with Crippen molar-refractivity contribution in [2.45, 2.75) is 63.9 Å². The molecule has 0 radical (unpaired) electrons. The molecule has 2 fully saturated rings. The maximum atomic E-state index is 10.2. The number of benzene rings is 1. The Kier molecular flexibility index (Phi) is 10.2. The van der Waals surface area contributed by atoms with Gasteiger partial charge in [-0.25, -0.2) is 0 Å². The number of hydrogen-bond donors (Lipinski definition) is 1. The van der Waals surface area contributed by atoms with Crippen LogP contribution in [0.5, 0.6) is 11.5 Å². The Bertz CT molecular complexity index is 659. The Morgan fingerprint density at radius 3 is 2.57 bits per heavy atom. The molecule has 0 spiro atoms. The predicted molar refractivity (Wildman–Crippen MR) is 119 cm³/mol. The van der Waals surface area contributed by atoms with Crippen molar-refractivity contribution >= 4 is 18.6 Å². The predicted octanol–water partition coefficient (Wildman–Crippen LogP) is 3.26. The highest BCUT2D eigenvalue weighted by molar-refractivity contribution is 5.85. The molecule has 0 bridgehead atoms. The second-order valence-electron chi connectivity index (χ2n) is 8.09. The van der Waals surface area contributed by atoms with Crippen LogP contribution >= 0.6 is 12.4 Å². The molecule has 1 heterocycles. The zero-order valence-corrected chi connectivity index (χ0v) is 19.0. The van der Waals surface area contributed by atoms with Gasteiger partial charge in [0.05, 0.1) is 31.6 Å². The fourth-order valence-corrected chi connectivity index (χ4v) is 4.06. The van der Waals surface area contributed by atoms with Crippen molar-refractivity contribution in [2.24, 2.45) is 5.16 Å². The fraction of sp³-hybridized carbons (Fsp3) is 0.682. The summed E-state index contributed by atoms with van der Waals surface area (Å²) >= 11 is 0. The van der Waals surface area contributed by atoms with Gasteiger partial charge in [0.2, 0.25) is 0 Å². The number of morpholine rings is 1. The topological polar surface area (TPSA) is 72.8 Å². The maximum absolute atomic E-state index is 10.2. The van der Waals surface area contributed by atoms with E-state index in [1.54, 1.807) is 13.3 Å². The molecule has 1 aliphatic heterocycles. The van der Waals surface area contributed by atoms with Crippen LogP contribution in [0.3, 0.4) is 0 Å². The quantitative estimate of drug-likeness (QED) is 0.467. The number of ether oxygens (including phenoxy) is 3. The lowest BCUT2D eigenvalue weighted by Gasteiger charge is -2.36. The van der Waals surface area contributed by atoms with E-state index in [4.69, 9.17) is 19.0 Å². The van der Waals surface area contributed by atoms with Crippen LogP contribution in [-0.4, -0.2) is 74.0 Å². The average molecular weight is 443 g/mol. The lowest BCUT2D eigenvalue weighted by atomic mass is 10.2. The van der Waals surface area contributed by atoms with Crippen molar-refractivity contribution in [1.29, 1.82) is 0 Å². The molecule has 2 aliphatic rings. The molecule has 30 heavy (non-hydrogen) atoms. The normalized spacial score (nSPS) is 23.9. The largest absolute Gasteiger partial charge is 0.493 e. The summed E-state index contributed by atoms with van der Waals surface area (Å²) in [5.74, 6) is 1.46. The molecule has 3 rings (SSSR count). The van der Waals surface area contributed by atoms with E-state index in [2.05, 4.69) is 23.9 Å². The summed E-state index contributed by atoms with van der Waals surface area (Å²) in [6, 6.07) is 5.69. The summed E-state index contributed by atoms with van der Waals surface area (Å²) in [5, 5.41) is 14.2. The van der Waals surface area contributed by atoms with Gasteiger partial charge in [0.15, 0.2) is 11.5 Å². The van der Waals surface area contributed by atoms with Gasteiger partial charge in [-0.05, 0) is 57.7 Å². The highest BCUT2D eigenvalue weighted by Gasteiger charge is 2.24. The molecule has 8 heteroatoms. The van der Waals surface area contributed by atoms with Crippen LogP contribution in [0.1, 0.15) is 45.1 Å². The number of β-amino-alcohol motifs (C(OH)–C–C–N with tert-alkyl or cyclic N) is 1. The lowest BCUT2D eigenvalue weighted by Crippen LogP contribution is -2.48. The molecule has 1 saturated carbocycles. The third-order valence-electron chi connectivity index (χ3n) is 5.29. The van der Waals surface area contributed by atoms with E-state index in [1.807, 2.05) is 18.2 Å². The Hall–Kier alpha value is -1.54. The summed E-state index contributed by atoms with van der Waals surface area (Å²) in [6.07, 6.45) is 6.26. The van der Waals surface area contributed by atoms with Crippen LogP contribution in [0.25, 0.3) is 0 Å². The van der Waals surface area contributed by atoms with E-state index in [0.29, 0.717) is 6.54 Å². The van der Waals surface area contributed by atoms with Crippen molar-refractivity contribution in [2.75, 3.05) is 33.4 Å². The highest BCUT2D eigenvalue weighted by atomic mass is 35.5. The standard InChI is InChI=1S/C22H34N2O5.ClH/c1-16-12-24(13-17(2)28-16)14-19(25)15-27-23-11-18-8-9-21(26-3)22(10-18)29-20-6-4-5-7-20;/h8-11,16-17,19-20,25H,4-7,12-15H2,1-3H3;1H/b23-11+;. The van der Waals surface area contributed by atoms with Crippen molar-refractivity contribution in [3.63, 3.8) is 0 Å². The third-order valence-corrected chi connectivity index (χ3v) is 5.29. The molecule has 1 aromatic rings. The SMILES string of the molecule is COc1ccc(/C=N/OCC(O)CN2CC(C)OC(C)C2)cc1OC1CCCC1.Cl. The van der Waals surface area contributed by atoms with Crippen molar-refractivity contribution in [1.82, 2.24) is 4.90 Å². The first-order chi connectivity index (χ1) is 14.0. The van der Waals surface area contributed by atoms with Gasteiger partial charge in [-0.15, -0.1) is 12.4 Å². The maximum Gasteiger partial charge on any atom is 0.162 e. The summed E-state index contributed by atoms with van der Waals surface area (Å²) in [4.78, 5) is 7.52. The minimum atomic E-state index is -0.596. The monoisotopic (exact) mass is 442 g/mol. The molecule has 0 aromatic heterocycles. The van der Waals surface area contributed by atoms with Crippen LogP contribution in [0.15, 0.2) is 23.4 Å². The van der Waals surface area contributed by atoms with E-state index >= 15 is 0 Å². The van der Waals surface area contributed by atoms with Gasteiger partial charge in [-0.2, -0.15) is 0 Å². The Balaban J connectivity index is 0.00000320. The number of nitrogens with zero attached hydrogens (tertiary/aromatic N) is 2. The molecular formula is C22H35ClN2O5. The minimum Gasteiger partial charge on any atom is -0.493 e. The fourth-order valence-electron chi connectivity index (χ4n) is 4.06. The third kappa shape index (κ3) is 7.61. The first-order valence-corrected chi connectivity index (χ1v) is 10.6. The first kappa shape index (κ1) is 24.7. The lowest BCUT2D eigenvalue weighted by molar-refractivity contribution is -0.0818. The Morgan fingerprint density at radius 1 is 1.20 bits per heavy atom. The van der Waals surface area contributed by atoms with Crippen molar-refractivity contribution in [3.05, 3.63) is 23.8 Å². The average Bonchev–Trinajstić information content (AvgIpc) is 3.18. The van der Waals surface area contributed by atoms with Crippen LogP contribution < -0.4 is 9.47 Å². The molecular weight excluding hydrogens is 408 g/mol. The van der Waals surface area contributed by atoms with Crippen molar-refractivity contribution in [3.8, 4) is 11.5 Å². The van der Waals surface area contributed by atoms with Gasteiger partial charge < -0.3 is 24.2 Å². The van der Waals surface area contributed by atoms with Gasteiger partial charge in [0, 0.05) is 25.2 Å². The number of aliphatic hydroxyl groups excluding tert-OH is 1. The highest BCUT2D eigenvalue weighted by Crippen LogP contribution is 2.32. The van der Waals surface area contributed by atoms with Gasteiger partial charge in [0.1, 0.15) is 12.7 Å². The zero-order chi connectivity index (χ0) is 20.6. The number of aliphatic hydroxyl groups is 1. The molecule has 3 unspecified atom stereocenters. The number of methoxy groups -OCH3 is 1. The molecule has 1 saturated heterocycles. The van der Waals surface area contributed by atoms with Gasteiger partial charge >= 0.3 is 0 Å². The van der Waals surface area contributed by atoms with E-state index in [1.165, 1.54) is 12.8 Å². The number of hydrogen-bond acceptors (Lipinski definition) is 7. The van der Waals surface area contributed by atoms with Crippen LogP contribution in [0.4, 0.5) is 0 Å². The second kappa shape index (κ2) is 12.3. The van der Waals surface area contributed by atoms with Crippen LogP contribution in [0, 0.1) is 0 Å². The molecule has 1 N–H and O–H groups in total. The first-order valence-electron chi connectivity index (χ1n) is 10.6. The van der Waals surface area contributed by atoms with Gasteiger partial charge in [-0.3, -0.25) is 4.90 Å². The van der Waals surface area contributed by atoms with Crippen molar-refractivity contribution < 1.29 is 24.2 Å². The van der Waals surface area contributed by atoms with E-state index in [-0.39, 0.29) is 37.3 Å². The van der Waals surface area contributed by atoms with Gasteiger partial charge in [0.25, 0.3) is 0 Å². The zero-order valence-electron chi connectivity index (χ0n) is 18.2. The Morgan fingerprint density at radius 2 is 1.90 bits per heavy atom. The summed E-state index contributed by atoms with van der Waals surface area (Å²) in [5.41, 5.74) is 0.865. The number of halogens is 1. The molecule has 1 aliphatic carbocycles.